The summed E-state index contributed by atoms with van der Waals surface area (Å²) in [5.41, 5.74) is 0.941. The van der Waals surface area contributed by atoms with Gasteiger partial charge in [-0.2, -0.15) is 8.42 Å². The maximum absolute atomic E-state index is 11.1. The number of para-hydroxylation sites is 1. The van der Waals surface area contributed by atoms with Crippen LogP contribution in [0.3, 0.4) is 0 Å². The minimum absolute atomic E-state index is 0.0582. The van der Waals surface area contributed by atoms with Crippen molar-refractivity contribution in [3.05, 3.63) is 29.3 Å². The number of hydrogen-bond donors (Lipinski definition) is 0. The second-order valence-corrected chi connectivity index (χ2v) is 6.98. The molecule has 1 aromatic carbocycles. The molecule has 98 valence electrons. The summed E-state index contributed by atoms with van der Waals surface area (Å²) in [6.45, 7) is 3.67. The topological polar surface area (TPSA) is 56.3 Å². The van der Waals surface area contributed by atoms with Gasteiger partial charge in [-0.3, -0.25) is 4.18 Å². The number of hydrogen-bond acceptors (Lipinski definition) is 5. The fourth-order valence-corrected chi connectivity index (χ4v) is 3.47. The maximum atomic E-state index is 11.1. The normalized spacial score (nSPS) is 15.7. The Kier molecular flexibility index (Phi) is 3.70. The van der Waals surface area contributed by atoms with Gasteiger partial charge >= 0.3 is 0 Å². The van der Waals surface area contributed by atoms with Gasteiger partial charge in [0.25, 0.3) is 10.1 Å². The molecule has 6 heteroatoms. The number of thiazole rings is 1. The molecule has 2 aromatic rings. The predicted molar refractivity (Wildman–Crippen MR) is 73.4 cm³/mol. The van der Waals surface area contributed by atoms with Crippen LogP contribution < -0.4 is 0 Å². The molecular weight excluding hydrogens is 270 g/mol. The van der Waals surface area contributed by atoms with E-state index < -0.39 is 16.2 Å². The van der Waals surface area contributed by atoms with E-state index in [2.05, 4.69) is 4.98 Å². The summed E-state index contributed by atoms with van der Waals surface area (Å²) in [7, 11) is -3.43. The molecule has 0 aliphatic rings. The van der Waals surface area contributed by atoms with Crippen molar-refractivity contribution in [2.24, 2.45) is 0 Å². The Morgan fingerprint density at radius 1 is 1.28 bits per heavy atom. The average molecular weight is 285 g/mol. The zero-order chi connectivity index (χ0) is 13.3. The van der Waals surface area contributed by atoms with Gasteiger partial charge in [-0.05, 0) is 19.1 Å². The van der Waals surface area contributed by atoms with Crippen LogP contribution >= 0.6 is 11.3 Å². The monoisotopic (exact) mass is 285 g/mol. The molecule has 0 saturated heterocycles. The van der Waals surface area contributed by atoms with Crippen LogP contribution in [0.15, 0.2) is 24.3 Å². The Bertz CT molecular complexity index is 615. The van der Waals surface area contributed by atoms with Crippen LogP contribution in [0, 0.1) is 0 Å². The van der Waals surface area contributed by atoms with E-state index in [1.165, 1.54) is 0 Å². The molecule has 0 bridgehead atoms. The first kappa shape index (κ1) is 13.5. The highest BCUT2D eigenvalue weighted by Gasteiger charge is 2.22. The maximum Gasteiger partial charge on any atom is 0.264 e. The third kappa shape index (κ3) is 3.07. The van der Waals surface area contributed by atoms with Crippen molar-refractivity contribution in [1.82, 2.24) is 4.98 Å². The highest BCUT2D eigenvalue weighted by molar-refractivity contribution is 7.86. The summed E-state index contributed by atoms with van der Waals surface area (Å²) in [6.07, 6.45) is 0.648. The molecule has 4 nitrogen and oxygen atoms in total. The third-order valence-corrected chi connectivity index (χ3v) is 4.62. The number of fused-ring (bicyclic) bond motifs is 1. The van der Waals surface area contributed by atoms with Gasteiger partial charge in [0.1, 0.15) is 0 Å². The average Bonchev–Trinajstić information content (AvgIpc) is 2.68. The minimum atomic E-state index is -3.43. The van der Waals surface area contributed by atoms with E-state index in [0.29, 0.717) is 0 Å². The van der Waals surface area contributed by atoms with Crippen LogP contribution in [0.1, 0.15) is 24.8 Å². The summed E-state index contributed by atoms with van der Waals surface area (Å²) in [6, 6.07) is 7.85. The van der Waals surface area contributed by atoms with Gasteiger partial charge in [-0.25, -0.2) is 4.98 Å². The van der Waals surface area contributed by atoms with Gasteiger partial charge in [0.15, 0.2) is 0 Å². The van der Waals surface area contributed by atoms with E-state index in [1.807, 2.05) is 31.2 Å². The quantitative estimate of drug-likeness (QED) is 0.811. The number of benzene rings is 1. The lowest BCUT2D eigenvalue weighted by molar-refractivity contribution is 0.205. The van der Waals surface area contributed by atoms with Crippen LogP contribution in [0.5, 0.6) is 0 Å². The molecule has 0 radical (unpaired) electrons. The highest BCUT2D eigenvalue weighted by atomic mass is 32.2. The second-order valence-electron chi connectivity index (χ2n) is 4.31. The molecule has 0 aliphatic heterocycles. The Hall–Kier alpha value is -0.980. The molecule has 0 saturated carbocycles. The lowest BCUT2D eigenvalue weighted by atomic mass is 10.1. The fourth-order valence-electron chi connectivity index (χ4n) is 1.64. The zero-order valence-electron chi connectivity index (χ0n) is 10.5. The summed E-state index contributed by atoms with van der Waals surface area (Å²) in [5, 5.41) is 0.896. The van der Waals surface area contributed by atoms with E-state index in [9.17, 15) is 8.42 Å². The van der Waals surface area contributed by atoms with Crippen LogP contribution in [-0.2, 0) is 14.3 Å². The number of nitrogens with zero attached hydrogens (tertiary/aromatic N) is 1. The van der Waals surface area contributed by atoms with Gasteiger partial charge in [-0.15, -0.1) is 11.3 Å². The standard InChI is InChI=1S/C12H15NO3S2/c1-8(9(2)16-18(3,14)15)12-13-10-6-4-5-7-11(10)17-12/h4-9H,1-3H3/t8-,9-/m0/s1. The Morgan fingerprint density at radius 3 is 2.56 bits per heavy atom. The zero-order valence-corrected chi connectivity index (χ0v) is 12.1. The van der Waals surface area contributed by atoms with Crippen molar-refractivity contribution in [3.63, 3.8) is 0 Å². The third-order valence-electron chi connectivity index (χ3n) is 2.73. The lowest BCUT2D eigenvalue weighted by Gasteiger charge is -2.16. The van der Waals surface area contributed by atoms with Crippen LogP contribution in [0.25, 0.3) is 10.2 Å². The number of rotatable bonds is 4. The number of aromatic nitrogens is 1. The van der Waals surface area contributed by atoms with Crippen molar-refractivity contribution in [3.8, 4) is 0 Å². The molecule has 0 aliphatic carbocycles. The minimum Gasteiger partial charge on any atom is -0.267 e. The van der Waals surface area contributed by atoms with Gasteiger partial charge in [0, 0.05) is 5.92 Å². The SMILES string of the molecule is C[C@H](OS(C)(=O)=O)[C@H](C)c1nc2ccccc2s1. The first-order chi connectivity index (χ1) is 8.37. The predicted octanol–water partition coefficient (Wildman–Crippen LogP) is 2.76. The molecule has 18 heavy (non-hydrogen) atoms. The van der Waals surface area contributed by atoms with Crippen molar-refractivity contribution < 1.29 is 12.6 Å². The second kappa shape index (κ2) is 4.95. The first-order valence-corrected chi connectivity index (χ1v) is 8.24. The van der Waals surface area contributed by atoms with Gasteiger partial charge in [0.2, 0.25) is 0 Å². The summed E-state index contributed by atoms with van der Waals surface area (Å²) >= 11 is 1.57. The fraction of sp³-hybridized carbons (Fsp3) is 0.417. The molecule has 0 N–H and O–H groups in total. The van der Waals surface area contributed by atoms with E-state index in [1.54, 1.807) is 18.3 Å². The molecular formula is C12H15NO3S2. The van der Waals surface area contributed by atoms with Crippen LogP contribution in [0.4, 0.5) is 0 Å². The molecule has 0 amide bonds. The van der Waals surface area contributed by atoms with E-state index in [-0.39, 0.29) is 5.92 Å². The Labute approximate surface area is 111 Å². The van der Waals surface area contributed by atoms with Gasteiger partial charge in [-0.1, -0.05) is 19.1 Å². The lowest BCUT2D eigenvalue weighted by Crippen LogP contribution is -2.20. The van der Waals surface area contributed by atoms with E-state index in [0.717, 1.165) is 21.5 Å². The smallest absolute Gasteiger partial charge is 0.264 e. The summed E-state index contributed by atoms with van der Waals surface area (Å²) in [5.74, 6) is -0.0582. The highest BCUT2D eigenvalue weighted by Crippen LogP contribution is 2.30. The molecule has 0 unspecified atom stereocenters. The Morgan fingerprint density at radius 2 is 1.94 bits per heavy atom. The largest absolute Gasteiger partial charge is 0.267 e. The van der Waals surface area contributed by atoms with Gasteiger partial charge in [0.05, 0.1) is 27.6 Å². The molecule has 1 heterocycles. The van der Waals surface area contributed by atoms with E-state index >= 15 is 0 Å². The van der Waals surface area contributed by atoms with Crippen molar-refractivity contribution in [1.29, 1.82) is 0 Å². The molecule has 0 spiro atoms. The molecule has 1 aromatic heterocycles. The van der Waals surface area contributed by atoms with Crippen LogP contribution in [0.2, 0.25) is 0 Å². The molecule has 2 rings (SSSR count). The summed E-state index contributed by atoms with van der Waals surface area (Å²) < 4.78 is 28.3. The van der Waals surface area contributed by atoms with E-state index in [4.69, 9.17) is 4.18 Å². The van der Waals surface area contributed by atoms with Crippen molar-refractivity contribution in [2.45, 2.75) is 25.9 Å². The molecule has 0 fully saturated rings. The van der Waals surface area contributed by atoms with Crippen molar-refractivity contribution >= 4 is 31.7 Å². The van der Waals surface area contributed by atoms with Gasteiger partial charge < -0.3 is 0 Å². The Balaban J connectivity index is 2.25. The van der Waals surface area contributed by atoms with Crippen LogP contribution in [-0.4, -0.2) is 25.8 Å². The van der Waals surface area contributed by atoms with Crippen molar-refractivity contribution in [2.75, 3.05) is 6.26 Å². The first-order valence-electron chi connectivity index (χ1n) is 5.60. The molecule has 2 atom stereocenters. The summed E-state index contributed by atoms with van der Waals surface area (Å²) in [4.78, 5) is 4.51.